The number of urea groups is 1. The van der Waals surface area contributed by atoms with Crippen LogP contribution in [0.2, 0.25) is 0 Å². The van der Waals surface area contributed by atoms with Crippen molar-refractivity contribution in [2.75, 3.05) is 53.8 Å². The molecule has 0 unspecified atom stereocenters. The van der Waals surface area contributed by atoms with E-state index in [1.165, 1.54) is 12.3 Å². The van der Waals surface area contributed by atoms with E-state index < -0.39 is 23.9 Å². The Balaban J connectivity index is 1.64. The molecule has 0 fully saturated rings. The van der Waals surface area contributed by atoms with E-state index in [4.69, 9.17) is 0 Å². The molecule has 0 aliphatic rings. The van der Waals surface area contributed by atoms with Crippen LogP contribution >= 0.6 is 0 Å². The van der Waals surface area contributed by atoms with Crippen molar-refractivity contribution in [3.05, 3.63) is 72.7 Å². The maximum absolute atomic E-state index is 13.2. The monoisotopic (exact) mass is 588 g/mol. The Morgan fingerprint density at radius 3 is 2.37 bits per heavy atom. The topological polar surface area (TPSA) is 182 Å². The largest absolute Gasteiger partial charge is 0.369 e. The number of carbonyl (C=O) groups is 4. The molecular formula is C29H36N10O4. The van der Waals surface area contributed by atoms with Crippen molar-refractivity contribution in [1.82, 2.24) is 25.2 Å². The van der Waals surface area contributed by atoms with Crippen molar-refractivity contribution in [1.29, 1.82) is 0 Å². The number of aromatic nitrogens is 3. The average Bonchev–Trinajstić information content (AvgIpc) is 2.96. The van der Waals surface area contributed by atoms with Crippen molar-refractivity contribution in [2.45, 2.75) is 26.3 Å². The Kier molecular flexibility index (Phi) is 12.1. The first kappa shape index (κ1) is 32.1. The van der Waals surface area contributed by atoms with E-state index in [-0.39, 0.29) is 23.2 Å². The Morgan fingerprint density at radius 2 is 1.67 bits per heavy atom. The minimum atomic E-state index is -0.794. The molecule has 0 spiro atoms. The molecular weight excluding hydrogens is 552 g/mol. The summed E-state index contributed by atoms with van der Waals surface area (Å²) in [6, 6.07) is 8.48. The summed E-state index contributed by atoms with van der Waals surface area (Å²) >= 11 is 0. The van der Waals surface area contributed by atoms with Crippen LogP contribution < -0.4 is 31.9 Å². The van der Waals surface area contributed by atoms with Crippen LogP contribution in [-0.4, -0.2) is 76.8 Å². The third-order valence-electron chi connectivity index (χ3n) is 5.62. The van der Waals surface area contributed by atoms with Gasteiger partial charge in [0.25, 0.3) is 5.91 Å². The molecule has 0 radical (unpaired) electrons. The Morgan fingerprint density at radius 1 is 0.953 bits per heavy atom. The minimum absolute atomic E-state index is 0.000759. The predicted octanol–water partition coefficient (Wildman–Crippen LogP) is 3.15. The molecule has 5 amide bonds. The third kappa shape index (κ3) is 10.8. The molecule has 226 valence electrons. The van der Waals surface area contributed by atoms with Crippen molar-refractivity contribution in [3.8, 4) is 0 Å². The molecule has 6 N–H and O–H groups in total. The summed E-state index contributed by atoms with van der Waals surface area (Å²) in [5.41, 5.74) is 1.53. The molecule has 0 bridgehead atoms. The molecule has 1 atom stereocenters. The molecule has 14 heteroatoms. The van der Waals surface area contributed by atoms with Gasteiger partial charge in [0.15, 0.2) is 0 Å². The van der Waals surface area contributed by atoms with E-state index in [2.05, 4.69) is 46.9 Å². The number of anilines is 5. The second-order valence-corrected chi connectivity index (χ2v) is 9.62. The maximum atomic E-state index is 13.2. The molecule has 2 heterocycles. The van der Waals surface area contributed by atoms with Gasteiger partial charge in [-0.3, -0.25) is 24.7 Å². The highest BCUT2D eigenvalue weighted by Gasteiger charge is 2.18. The molecule has 0 aliphatic heterocycles. The van der Waals surface area contributed by atoms with Crippen LogP contribution in [0.1, 0.15) is 30.6 Å². The summed E-state index contributed by atoms with van der Waals surface area (Å²) in [5.74, 6) is -1.06. The van der Waals surface area contributed by atoms with Crippen LogP contribution in [0.3, 0.4) is 0 Å². The van der Waals surface area contributed by atoms with Gasteiger partial charge in [-0.15, -0.1) is 0 Å². The lowest BCUT2D eigenvalue weighted by Crippen LogP contribution is -2.40. The highest BCUT2D eigenvalue weighted by molar-refractivity contribution is 6.08. The number of amides is 5. The number of rotatable bonds is 13. The van der Waals surface area contributed by atoms with E-state index >= 15 is 0 Å². The molecule has 0 saturated heterocycles. The average molecular weight is 589 g/mol. The number of hydrogen-bond donors (Lipinski definition) is 6. The van der Waals surface area contributed by atoms with Gasteiger partial charge >= 0.3 is 6.03 Å². The molecule has 0 aliphatic carbocycles. The first-order valence-electron chi connectivity index (χ1n) is 13.6. The zero-order valence-electron chi connectivity index (χ0n) is 24.5. The molecule has 1 aromatic carbocycles. The zero-order chi connectivity index (χ0) is 31.2. The summed E-state index contributed by atoms with van der Waals surface area (Å²) < 4.78 is 0. The van der Waals surface area contributed by atoms with Crippen LogP contribution in [0.4, 0.5) is 33.6 Å². The normalized spacial score (nSPS) is 11.5. The van der Waals surface area contributed by atoms with Gasteiger partial charge in [0.2, 0.25) is 17.8 Å². The summed E-state index contributed by atoms with van der Waals surface area (Å²) in [7, 11) is 3.76. The lowest BCUT2D eigenvalue weighted by molar-refractivity contribution is -0.123. The van der Waals surface area contributed by atoms with Gasteiger partial charge in [0.1, 0.15) is 17.4 Å². The predicted molar refractivity (Wildman–Crippen MR) is 166 cm³/mol. The van der Waals surface area contributed by atoms with E-state index in [1.54, 1.807) is 61.8 Å². The summed E-state index contributed by atoms with van der Waals surface area (Å²) in [5, 5.41) is 16.4. The quantitative estimate of drug-likeness (QED) is 0.163. The first-order chi connectivity index (χ1) is 20.6. The van der Waals surface area contributed by atoms with Crippen LogP contribution in [0.15, 0.2) is 67.1 Å². The molecule has 0 saturated carbocycles. The fourth-order valence-corrected chi connectivity index (χ4v) is 3.51. The second kappa shape index (κ2) is 16.2. The van der Waals surface area contributed by atoms with Crippen molar-refractivity contribution in [2.24, 2.45) is 0 Å². The van der Waals surface area contributed by atoms with Gasteiger partial charge in [-0.05, 0) is 57.8 Å². The van der Waals surface area contributed by atoms with Gasteiger partial charge < -0.3 is 31.5 Å². The number of hydrogen-bond acceptors (Lipinski definition) is 9. The van der Waals surface area contributed by atoms with Crippen LogP contribution in [0.25, 0.3) is 0 Å². The first-order valence-corrected chi connectivity index (χ1v) is 13.6. The molecule has 2 aromatic heterocycles. The highest BCUT2D eigenvalue weighted by Crippen LogP contribution is 2.20. The highest BCUT2D eigenvalue weighted by atomic mass is 16.2. The van der Waals surface area contributed by atoms with E-state index in [9.17, 15) is 19.2 Å². The molecule has 43 heavy (non-hydrogen) atoms. The van der Waals surface area contributed by atoms with Crippen LogP contribution in [0, 0.1) is 0 Å². The Bertz CT molecular complexity index is 1450. The van der Waals surface area contributed by atoms with Crippen molar-refractivity contribution < 1.29 is 19.2 Å². The standard InChI is InChI=1S/C29H36N10O4/c1-5-13-31-25-23(18-32-28(37-25)38-29(43)36-20-11-14-30-15-12-20)27(42)35-22-9-6-8-21(17-22)34-26(41)19(2)33-24(40)10-7-16-39(3)4/h6-12,14-15,17-19H,5,13,16H2,1-4H3,(H,33,40)(H,34,41)(H,35,42)(H3,30,31,32,36,37,38,43)/b10-7+/t19-/m0/s1. The molecule has 3 aromatic rings. The zero-order valence-corrected chi connectivity index (χ0v) is 24.5. The fourth-order valence-electron chi connectivity index (χ4n) is 3.51. The van der Waals surface area contributed by atoms with Crippen LogP contribution in [-0.2, 0) is 9.59 Å². The van der Waals surface area contributed by atoms with Gasteiger partial charge in [-0.25, -0.2) is 9.78 Å². The number of likely N-dealkylation sites (N-methyl/N-ethyl adjacent to an activating group) is 1. The van der Waals surface area contributed by atoms with E-state index in [0.717, 1.165) is 6.42 Å². The second-order valence-electron chi connectivity index (χ2n) is 9.62. The minimum Gasteiger partial charge on any atom is -0.369 e. The van der Waals surface area contributed by atoms with Gasteiger partial charge in [-0.1, -0.05) is 19.1 Å². The van der Waals surface area contributed by atoms with E-state index in [1.807, 2.05) is 25.9 Å². The number of nitrogens with zero attached hydrogens (tertiary/aromatic N) is 4. The van der Waals surface area contributed by atoms with Gasteiger partial charge in [0, 0.05) is 54.8 Å². The van der Waals surface area contributed by atoms with Gasteiger partial charge in [-0.2, -0.15) is 4.98 Å². The summed E-state index contributed by atoms with van der Waals surface area (Å²) in [6.07, 6.45) is 8.25. The Hall–Kier alpha value is -5.37. The SMILES string of the molecule is CCCNc1nc(NC(=O)Nc2ccncc2)ncc1C(=O)Nc1cccc(NC(=O)[C@H](C)NC(=O)/C=C/CN(C)C)c1. The molecule has 14 nitrogen and oxygen atoms in total. The maximum Gasteiger partial charge on any atom is 0.326 e. The number of benzene rings is 1. The van der Waals surface area contributed by atoms with Crippen LogP contribution in [0.5, 0.6) is 0 Å². The number of nitrogens with one attached hydrogen (secondary N) is 6. The summed E-state index contributed by atoms with van der Waals surface area (Å²) in [6.45, 7) is 4.66. The number of carbonyl (C=O) groups excluding carboxylic acids is 4. The van der Waals surface area contributed by atoms with Crippen molar-refractivity contribution in [3.63, 3.8) is 0 Å². The lowest BCUT2D eigenvalue weighted by Gasteiger charge is -2.15. The lowest BCUT2D eigenvalue weighted by atomic mass is 10.2. The Labute approximate surface area is 249 Å². The van der Waals surface area contributed by atoms with Crippen molar-refractivity contribution >= 4 is 52.6 Å². The number of pyridine rings is 1. The third-order valence-corrected chi connectivity index (χ3v) is 5.62. The van der Waals surface area contributed by atoms with Gasteiger partial charge in [0.05, 0.1) is 0 Å². The molecule has 3 rings (SSSR count). The van der Waals surface area contributed by atoms with E-state index in [0.29, 0.717) is 30.2 Å². The smallest absolute Gasteiger partial charge is 0.326 e. The summed E-state index contributed by atoms with van der Waals surface area (Å²) in [4.78, 5) is 64.5. The fraction of sp³-hybridized carbons (Fsp3) is 0.276.